The van der Waals surface area contributed by atoms with Crippen molar-refractivity contribution in [2.24, 2.45) is 12.1 Å². The van der Waals surface area contributed by atoms with E-state index in [0.717, 1.165) is 5.56 Å². The average Bonchev–Trinajstić information content (AvgIpc) is 2.59. The van der Waals surface area contributed by atoms with Crippen LogP contribution >= 0.6 is 0 Å². The van der Waals surface area contributed by atoms with Crippen molar-refractivity contribution in [1.82, 2.24) is 14.5 Å². The molecule has 2 rings (SSSR count). The quantitative estimate of drug-likeness (QED) is 0.664. The van der Waals surface area contributed by atoms with Gasteiger partial charge in [-0.15, -0.1) is 0 Å². The highest BCUT2D eigenvalue weighted by Crippen LogP contribution is 1.93. The van der Waals surface area contributed by atoms with Gasteiger partial charge in [-0.3, -0.25) is 0 Å². The summed E-state index contributed by atoms with van der Waals surface area (Å²) in [5.41, 5.74) is 0.676. The SMILES string of the molecule is Cn1ncn(N=Cc2ccccc2)c1=O. The first-order valence-corrected chi connectivity index (χ1v) is 4.47. The fourth-order valence-electron chi connectivity index (χ4n) is 1.12. The van der Waals surface area contributed by atoms with Crippen LogP contribution in [0, 0.1) is 0 Å². The van der Waals surface area contributed by atoms with Gasteiger partial charge in [0.1, 0.15) is 6.33 Å². The van der Waals surface area contributed by atoms with Crippen LogP contribution in [0.15, 0.2) is 46.6 Å². The van der Waals surface area contributed by atoms with Gasteiger partial charge in [0.25, 0.3) is 0 Å². The Hall–Kier alpha value is -2.17. The number of hydrogen-bond acceptors (Lipinski definition) is 3. The molecule has 2 aromatic rings. The van der Waals surface area contributed by atoms with Crippen molar-refractivity contribution in [2.45, 2.75) is 0 Å². The molecule has 0 aliphatic carbocycles. The maximum atomic E-state index is 11.3. The first-order chi connectivity index (χ1) is 7.27. The summed E-state index contributed by atoms with van der Waals surface area (Å²) in [6, 6.07) is 9.56. The zero-order valence-electron chi connectivity index (χ0n) is 8.24. The van der Waals surface area contributed by atoms with Gasteiger partial charge in [0.05, 0.1) is 6.21 Å². The highest BCUT2D eigenvalue weighted by molar-refractivity contribution is 5.79. The summed E-state index contributed by atoms with van der Waals surface area (Å²) >= 11 is 0. The average molecular weight is 202 g/mol. The lowest BCUT2D eigenvalue weighted by Gasteiger charge is -1.90. The lowest BCUT2D eigenvalue weighted by atomic mass is 10.2. The van der Waals surface area contributed by atoms with Crippen molar-refractivity contribution in [3.8, 4) is 0 Å². The summed E-state index contributed by atoms with van der Waals surface area (Å²) in [4.78, 5) is 11.3. The van der Waals surface area contributed by atoms with E-state index in [0.29, 0.717) is 0 Å². The second kappa shape index (κ2) is 3.91. The second-order valence-electron chi connectivity index (χ2n) is 3.04. The van der Waals surface area contributed by atoms with Crippen LogP contribution < -0.4 is 5.69 Å². The van der Waals surface area contributed by atoms with Gasteiger partial charge in [-0.05, 0) is 5.56 Å². The third-order valence-electron chi connectivity index (χ3n) is 1.94. The number of aromatic nitrogens is 3. The van der Waals surface area contributed by atoms with Crippen LogP contribution in [0.4, 0.5) is 0 Å². The predicted octanol–water partition coefficient (Wildman–Crippen LogP) is 0.464. The van der Waals surface area contributed by atoms with Crippen molar-refractivity contribution < 1.29 is 0 Å². The molecule has 0 unspecified atom stereocenters. The number of aryl methyl sites for hydroxylation is 1. The Labute approximate surface area is 86.3 Å². The minimum absolute atomic E-state index is 0.262. The molecule has 1 aromatic carbocycles. The molecule has 0 saturated heterocycles. The molecule has 5 nitrogen and oxygen atoms in total. The molecule has 1 aromatic heterocycles. The van der Waals surface area contributed by atoms with Crippen LogP contribution in [0.25, 0.3) is 0 Å². The van der Waals surface area contributed by atoms with Crippen LogP contribution in [-0.2, 0) is 7.05 Å². The first-order valence-electron chi connectivity index (χ1n) is 4.47. The standard InChI is InChI=1S/C10H10N4O/c1-13-10(15)14(8-12-13)11-7-9-5-3-2-4-6-9/h2-8H,1H3. The van der Waals surface area contributed by atoms with Gasteiger partial charge < -0.3 is 0 Å². The Bertz CT molecular complexity index is 524. The van der Waals surface area contributed by atoms with Crippen molar-refractivity contribution in [2.75, 3.05) is 0 Å². The van der Waals surface area contributed by atoms with Gasteiger partial charge in [-0.25, -0.2) is 9.48 Å². The van der Waals surface area contributed by atoms with Gasteiger partial charge in [0.2, 0.25) is 0 Å². The summed E-state index contributed by atoms with van der Waals surface area (Å²) in [5.74, 6) is 0. The van der Waals surface area contributed by atoms with E-state index in [2.05, 4.69) is 10.2 Å². The van der Waals surface area contributed by atoms with E-state index in [1.807, 2.05) is 30.3 Å². The van der Waals surface area contributed by atoms with E-state index >= 15 is 0 Å². The minimum atomic E-state index is -0.262. The predicted molar refractivity (Wildman–Crippen MR) is 56.9 cm³/mol. The van der Waals surface area contributed by atoms with Crippen LogP contribution in [-0.4, -0.2) is 20.7 Å². The van der Waals surface area contributed by atoms with E-state index in [4.69, 9.17) is 0 Å². The van der Waals surface area contributed by atoms with Crippen LogP contribution in [0.5, 0.6) is 0 Å². The summed E-state index contributed by atoms with van der Waals surface area (Å²) in [5, 5.41) is 7.77. The van der Waals surface area contributed by atoms with Crippen molar-refractivity contribution in [3.05, 3.63) is 52.7 Å². The van der Waals surface area contributed by atoms with E-state index in [-0.39, 0.29) is 5.69 Å². The molecule has 0 amide bonds. The Morgan fingerprint density at radius 1 is 1.33 bits per heavy atom. The summed E-state index contributed by atoms with van der Waals surface area (Å²) in [7, 11) is 1.58. The Balaban J connectivity index is 2.27. The van der Waals surface area contributed by atoms with E-state index in [1.54, 1.807) is 13.3 Å². The van der Waals surface area contributed by atoms with Gasteiger partial charge in [0, 0.05) is 7.05 Å². The smallest absolute Gasteiger partial charge is 0.244 e. The normalized spacial score (nSPS) is 11.0. The molecular weight excluding hydrogens is 192 g/mol. The molecule has 0 bridgehead atoms. The zero-order chi connectivity index (χ0) is 10.7. The summed E-state index contributed by atoms with van der Waals surface area (Å²) < 4.78 is 2.41. The summed E-state index contributed by atoms with van der Waals surface area (Å²) in [6.45, 7) is 0. The molecule has 1 heterocycles. The number of hydrogen-bond donors (Lipinski definition) is 0. The molecule has 0 atom stereocenters. The van der Waals surface area contributed by atoms with Gasteiger partial charge in [-0.1, -0.05) is 30.3 Å². The van der Waals surface area contributed by atoms with E-state index in [9.17, 15) is 4.79 Å². The Kier molecular flexibility index (Phi) is 2.45. The summed E-state index contributed by atoms with van der Waals surface area (Å²) in [6.07, 6.45) is 2.99. The molecule has 0 fully saturated rings. The fourth-order valence-corrected chi connectivity index (χ4v) is 1.12. The highest BCUT2D eigenvalue weighted by atomic mass is 16.2. The molecule has 0 aliphatic heterocycles. The molecule has 0 saturated carbocycles. The first kappa shape index (κ1) is 9.39. The molecule has 0 N–H and O–H groups in total. The minimum Gasteiger partial charge on any atom is -0.244 e. The van der Waals surface area contributed by atoms with E-state index < -0.39 is 0 Å². The Morgan fingerprint density at radius 3 is 2.67 bits per heavy atom. The third kappa shape index (κ3) is 2.01. The van der Waals surface area contributed by atoms with Crippen molar-refractivity contribution in [3.63, 3.8) is 0 Å². The monoisotopic (exact) mass is 202 g/mol. The molecule has 0 spiro atoms. The topological polar surface area (TPSA) is 52.2 Å². The third-order valence-corrected chi connectivity index (χ3v) is 1.94. The maximum Gasteiger partial charge on any atom is 0.366 e. The van der Waals surface area contributed by atoms with Crippen LogP contribution in [0.1, 0.15) is 5.56 Å². The van der Waals surface area contributed by atoms with Crippen molar-refractivity contribution in [1.29, 1.82) is 0 Å². The lowest BCUT2D eigenvalue weighted by Crippen LogP contribution is -2.19. The second-order valence-corrected chi connectivity index (χ2v) is 3.04. The molecule has 0 radical (unpaired) electrons. The molecule has 15 heavy (non-hydrogen) atoms. The molecule has 5 heteroatoms. The van der Waals surface area contributed by atoms with Gasteiger partial charge in [0.15, 0.2) is 0 Å². The van der Waals surface area contributed by atoms with Crippen LogP contribution in [0.3, 0.4) is 0 Å². The molecular formula is C10H10N4O. The van der Waals surface area contributed by atoms with Crippen LogP contribution in [0.2, 0.25) is 0 Å². The number of rotatable bonds is 2. The number of nitrogens with zero attached hydrogens (tertiary/aromatic N) is 4. The lowest BCUT2D eigenvalue weighted by molar-refractivity contribution is 0.709. The zero-order valence-corrected chi connectivity index (χ0v) is 8.24. The van der Waals surface area contributed by atoms with Gasteiger partial charge in [-0.2, -0.15) is 14.9 Å². The maximum absolute atomic E-state index is 11.3. The molecule has 0 aliphatic rings. The van der Waals surface area contributed by atoms with E-state index in [1.165, 1.54) is 15.7 Å². The molecule has 76 valence electrons. The largest absolute Gasteiger partial charge is 0.366 e. The Morgan fingerprint density at radius 2 is 2.07 bits per heavy atom. The van der Waals surface area contributed by atoms with Crippen molar-refractivity contribution >= 4 is 6.21 Å². The highest BCUT2D eigenvalue weighted by Gasteiger charge is 1.96. The van der Waals surface area contributed by atoms with Gasteiger partial charge >= 0.3 is 5.69 Å². The number of benzene rings is 1. The fraction of sp³-hybridized carbons (Fsp3) is 0.100.